The van der Waals surface area contributed by atoms with Crippen molar-refractivity contribution in [2.45, 2.75) is 33.2 Å². The van der Waals surface area contributed by atoms with Gasteiger partial charge in [0.2, 0.25) is 0 Å². The summed E-state index contributed by atoms with van der Waals surface area (Å²) in [4.78, 5) is 0. The molecular formula is C13H21ClN2. The highest BCUT2D eigenvalue weighted by molar-refractivity contribution is 6.31. The molecule has 0 radical (unpaired) electrons. The molecule has 0 bridgehead atoms. The molecule has 0 aromatic heterocycles. The SMILES string of the molecule is Cc1c(Cl)cccc1NCCNC(C)(C)C. The Hall–Kier alpha value is -0.730. The Morgan fingerprint density at radius 1 is 1.19 bits per heavy atom. The number of nitrogens with one attached hydrogen (secondary N) is 2. The summed E-state index contributed by atoms with van der Waals surface area (Å²) in [5, 5.41) is 7.62. The molecule has 90 valence electrons. The molecule has 16 heavy (non-hydrogen) atoms. The fraction of sp³-hybridized carbons (Fsp3) is 0.538. The molecule has 0 saturated heterocycles. The molecule has 2 N–H and O–H groups in total. The largest absolute Gasteiger partial charge is 0.384 e. The van der Waals surface area contributed by atoms with Gasteiger partial charge in [-0.1, -0.05) is 17.7 Å². The average Bonchev–Trinajstić information content (AvgIpc) is 2.17. The fourth-order valence-electron chi connectivity index (χ4n) is 1.43. The van der Waals surface area contributed by atoms with Gasteiger partial charge in [-0.05, 0) is 45.4 Å². The summed E-state index contributed by atoms with van der Waals surface area (Å²) >= 11 is 6.04. The molecule has 0 spiro atoms. The lowest BCUT2D eigenvalue weighted by atomic mass is 10.1. The Bertz CT molecular complexity index is 342. The van der Waals surface area contributed by atoms with Crippen molar-refractivity contribution in [1.82, 2.24) is 5.32 Å². The van der Waals surface area contributed by atoms with Crippen LogP contribution in [0.25, 0.3) is 0 Å². The standard InChI is InChI=1S/C13H21ClN2/c1-10-11(14)6-5-7-12(10)15-8-9-16-13(2,3)4/h5-7,15-16H,8-9H2,1-4H3. The van der Waals surface area contributed by atoms with E-state index in [4.69, 9.17) is 11.6 Å². The highest BCUT2D eigenvalue weighted by Gasteiger charge is 2.07. The van der Waals surface area contributed by atoms with Gasteiger partial charge in [-0.3, -0.25) is 0 Å². The predicted molar refractivity (Wildman–Crippen MR) is 72.4 cm³/mol. The molecule has 0 heterocycles. The third-order valence-electron chi connectivity index (χ3n) is 2.36. The first-order chi connectivity index (χ1) is 7.40. The van der Waals surface area contributed by atoms with E-state index in [1.165, 1.54) is 0 Å². The van der Waals surface area contributed by atoms with Crippen LogP contribution in [0, 0.1) is 6.92 Å². The van der Waals surface area contributed by atoms with Gasteiger partial charge >= 0.3 is 0 Å². The molecule has 0 atom stereocenters. The Labute approximate surface area is 103 Å². The average molecular weight is 241 g/mol. The van der Waals surface area contributed by atoms with Crippen molar-refractivity contribution in [3.05, 3.63) is 28.8 Å². The summed E-state index contributed by atoms with van der Waals surface area (Å²) in [6, 6.07) is 5.93. The molecule has 0 fully saturated rings. The molecule has 1 aromatic rings. The molecule has 2 nitrogen and oxygen atoms in total. The lowest BCUT2D eigenvalue weighted by Gasteiger charge is -2.21. The van der Waals surface area contributed by atoms with E-state index in [9.17, 15) is 0 Å². The van der Waals surface area contributed by atoms with Crippen LogP contribution in [0.15, 0.2) is 18.2 Å². The minimum Gasteiger partial charge on any atom is -0.384 e. The van der Waals surface area contributed by atoms with Crippen molar-refractivity contribution in [3.63, 3.8) is 0 Å². The van der Waals surface area contributed by atoms with Crippen LogP contribution in [-0.4, -0.2) is 18.6 Å². The van der Waals surface area contributed by atoms with Crippen molar-refractivity contribution in [2.24, 2.45) is 0 Å². The van der Waals surface area contributed by atoms with Crippen molar-refractivity contribution in [1.29, 1.82) is 0 Å². The second-order valence-electron chi connectivity index (χ2n) is 5.02. The normalized spacial score (nSPS) is 11.6. The zero-order chi connectivity index (χ0) is 12.2. The topological polar surface area (TPSA) is 24.1 Å². The summed E-state index contributed by atoms with van der Waals surface area (Å²) in [7, 11) is 0. The van der Waals surface area contributed by atoms with Gasteiger partial charge < -0.3 is 10.6 Å². The van der Waals surface area contributed by atoms with Gasteiger partial charge in [-0.2, -0.15) is 0 Å². The zero-order valence-electron chi connectivity index (χ0n) is 10.5. The van der Waals surface area contributed by atoms with E-state index in [2.05, 4.69) is 37.5 Å². The number of anilines is 1. The maximum absolute atomic E-state index is 6.04. The summed E-state index contributed by atoms with van der Waals surface area (Å²) in [6.45, 7) is 10.4. The van der Waals surface area contributed by atoms with Crippen LogP contribution in [0.4, 0.5) is 5.69 Å². The second kappa shape index (κ2) is 5.55. The van der Waals surface area contributed by atoms with Crippen LogP contribution < -0.4 is 10.6 Å². The molecule has 1 rings (SSSR count). The highest BCUT2D eigenvalue weighted by Crippen LogP contribution is 2.22. The molecule has 0 unspecified atom stereocenters. The van der Waals surface area contributed by atoms with E-state index < -0.39 is 0 Å². The second-order valence-corrected chi connectivity index (χ2v) is 5.42. The lowest BCUT2D eigenvalue weighted by molar-refractivity contribution is 0.435. The van der Waals surface area contributed by atoms with Gasteiger partial charge in [0.05, 0.1) is 0 Å². The number of hydrogen-bond acceptors (Lipinski definition) is 2. The zero-order valence-corrected chi connectivity index (χ0v) is 11.3. The Morgan fingerprint density at radius 3 is 2.50 bits per heavy atom. The molecule has 1 aromatic carbocycles. The van der Waals surface area contributed by atoms with Gasteiger partial charge in [-0.15, -0.1) is 0 Å². The van der Waals surface area contributed by atoms with Crippen LogP contribution in [-0.2, 0) is 0 Å². The van der Waals surface area contributed by atoms with Crippen LogP contribution in [0.2, 0.25) is 5.02 Å². The van der Waals surface area contributed by atoms with Crippen LogP contribution in [0.3, 0.4) is 0 Å². The van der Waals surface area contributed by atoms with Gasteiger partial charge in [0, 0.05) is 29.3 Å². The van der Waals surface area contributed by atoms with E-state index in [1.54, 1.807) is 0 Å². The molecular weight excluding hydrogens is 220 g/mol. The van der Waals surface area contributed by atoms with Crippen molar-refractivity contribution >= 4 is 17.3 Å². The first kappa shape index (κ1) is 13.3. The third-order valence-corrected chi connectivity index (χ3v) is 2.77. The number of benzene rings is 1. The van der Waals surface area contributed by atoms with Gasteiger partial charge in [-0.25, -0.2) is 0 Å². The van der Waals surface area contributed by atoms with E-state index in [1.807, 2.05) is 19.1 Å². The lowest BCUT2D eigenvalue weighted by Crippen LogP contribution is -2.38. The molecule has 0 aliphatic carbocycles. The van der Waals surface area contributed by atoms with Gasteiger partial charge in [0.1, 0.15) is 0 Å². The third kappa shape index (κ3) is 4.42. The van der Waals surface area contributed by atoms with E-state index in [0.717, 1.165) is 29.4 Å². The minimum absolute atomic E-state index is 0.172. The minimum atomic E-state index is 0.172. The monoisotopic (exact) mass is 240 g/mol. The molecule has 3 heteroatoms. The van der Waals surface area contributed by atoms with E-state index >= 15 is 0 Å². The summed E-state index contributed by atoms with van der Waals surface area (Å²) in [5.41, 5.74) is 2.40. The van der Waals surface area contributed by atoms with Crippen molar-refractivity contribution < 1.29 is 0 Å². The van der Waals surface area contributed by atoms with Crippen molar-refractivity contribution in [2.75, 3.05) is 18.4 Å². The van der Waals surface area contributed by atoms with Gasteiger partial charge in [0.15, 0.2) is 0 Å². The summed E-state index contributed by atoms with van der Waals surface area (Å²) in [5.74, 6) is 0. The maximum atomic E-state index is 6.04. The summed E-state index contributed by atoms with van der Waals surface area (Å²) < 4.78 is 0. The number of hydrogen-bond donors (Lipinski definition) is 2. The molecule has 0 amide bonds. The number of halogens is 1. The number of rotatable bonds is 4. The van der Waals surface area contributed by atoms with Crippen LogP contribution >= 0.6 is 11.6 Å². The fourth-order valence-corrected chi connectivity index (χ4v) is 1.61. The maximum Gasteiger partial charge on any atom is 0.0455 e. The highest BCUT2D eigenvalue weighted by atomic mass is 35.5. The summed E-state index contributed by atoms with van der Waals surface area (Å²) in [6.07, 6.45) is 0. The van der Waals surface area contributed by atoms with Crippen LogP contribution in [0.5, 0.6) is 0 Å². The molecule has 0 aliphatic heterocycles. The predicted octanol–water partition coefficient (Wildman–Crippen LogP) is 3.45. The Balaban J connectivity index is 2.41. The quantitative estimate of drug-likeness (QED) is 0.788. The van der Waals surface area contributed by atoms with Crippen LogP contribution in [0.1, 0.15) is 26.3 Å². The van der Waals surface area contributed by atoms with E-state index in [-0.39, 0.29) is 5.54 Å². The molecule has 0 aliphatic rings. The van der Waals surface area contributed by atoms with Gasteiger partial charge in [0.25, 0.3) is 0 Å². The first-order valence-corrected chi connectivity index (χ1v) is 6.02. The first-order valence-electron chi connectivity index (χ1n) is 5.64. The van der Waals surface area contributed by atoms with Crippen molar-refractivity contribution in [3.8, 4) is 0 Å². The molecule has 0 saturated carbocycles. The Morgan fingerprint density at radius 2 is 1.88 bits per heavy atom. The Kier molecular flexibility index (Phi) is 4.63. The smallest absolute Gasteiger partial charge is 0.0455 e. The van der Waals surface area contributed by atoms with E-state index in [0.29, 0.717) is 0 Å².